The second kappa shape index (κ2) is 9.07. The van der Waals surface area contributed by atoms with Crippen LogP contribution in [0.2, 0.25) is 0 Å². The normalized spacial score (nSPS) is 16.3. The zero-order valence-corrected chi connectivity index (χ0v) is 17.7. The van der Waals surface area contributed by atoms with E-state index in [1.54, 1.807) is 18.3 Å². The predicted molar refractivity (Wildman–Crippen MR) is 108 cm³/mol. The molecule has 1 aliphatic heterocycles. The number of hydrogen-bond acceptors (Lipinski definition) is 8. The van der Waals surface area contributed by atoms with Crippen molar-refractivity contribution >= 4 is 15.7 Å². The summed E-state index contributed by atoms with van der Waals surface area (Å²) in [5, 5.41) is 9.12. The Balaban J connectivity index is 1.84. The number of hydrogen-bond donors (Lipinski definition) is 2. The maximum Gasteiger partial charge on any atom is 0.265 e. The van der Waals surface area contributed by atoms with Crippen LogP contribution < -0.4 is 10.2 Å². The van der Waals surface area contributed by atoms with Crippen LogP contribution in [0.3, 0.4) is 0 Å². The van der Waals surface area contributed by atoms with Crippen molar-refractivity contribution in [3.8, 4) is 17.1 Å². The van der Waals surface area contributed by atoms with E-state index in [2.05, 4.69) is 9.97 Å². The van der Waals surface area contributed by atoms with Crippen molar-refractivity contribution in [3.05, 3.63) is 36.7 Å². The molecule has 1 amide bonds. The molecule has 0 bridgehead atoms. The Morgan fingerprint density at radius 2 is 1.87 bits per heavy atom. The lowest BCUT2D eigenvalue weighted by atomic mass is 9.98. The van der Waals surface area contributed by atoms with Crippen LogP contribution in [0.4, 0.5) is 0 Å². The summed E-state index contributed by atoms with van der Waals surface area (Å²) in [7, 11) is -4.06. The number of aromatic nitrogens is 2. The monoisotopic (exact) mass is 435 g/mol. The molecule has 30 heavy (non-hydrogen) atoms. The number of nitrogens with zero attached hydrogens (tertiary/aromatic N) is 2. The van der Waals surface area contributed by atoms with Gasteiger partial charge in [0.2, 0.25) is 5.88 Å². The van der Waals surface area contributed by atoms with Crippen LogP contribution in [0.5, 0.6) is 5.88 Å². The lowest BCUT2D eigenvalue weighted by Crippen LogP contribution is -2.54. The van der Waals surface area contributed by atoms with Gasteiger partial charge in [-0.25, -0.2) is 23.9 Å². The molecule has 1 saturated heterocycles. The molecule has 2 N–H and O–H groups in total. The Hall–Kier alpha value is -2.56. The number of carbonyl (C=O) groups excluding carboxylic acids is 1. The molecular weight excluding hydrogens is 410 g/mol. The van der Waals surface area contributed by atoms with Gasteiger partial charge in [-0.15, -0.1) is 0 Å². The van der Waals surface area contributed by atoms with Gasteiger partial charge in [-0.1, -0.05) is 26.0 Å². The lowest BCUT2D eigenvalue weighted by molar-refractivity contribution is -0.134. The summed E-state index contributed by atoms with van der Waals surface area (Å²) in [4.78, 5) is 20.8. The standard InChI is InChI=1S/C20H25N3O6S/c1-14(2)13-29-18-12-21-17(11-22-18)15-3-5-16(6-4-15)30(26,27)20(19(24)23-25)7-9-28-10-8-20/h3-6,11-12,14,25H,7-10,13H2,1-2H3,(H,23,24). The first-order chi connectivity index (χ1) is 14.3. The van der Waals surface area contributed by atoms with Crippen LogP contribution in [-0.4, -0.2) is 54.1 Å². The average Bonchev–Trinajstić information content (AvgIpc) is 2.78. The van der Waals surface area contributed by atoms with Gasteiger partial charge in [0.15, 0.2) is 14.6 Å². The van der Waals surface area contributed by atoms with E-state index in [4.69, 9.17) is 14.7 Å². The lowest BCUT2D eigenvalue weighted by Gasteiger charge is -2.34. The van der Waals surface area contributed by atoms with Gasteiger partial charge >= 0.3 is 0 Å². The fourth-order valence-electron chi connectivity index (χ4n) is 3.24. The SMILES string of the molecule is CC(C)COc1cnc(-c2ccc(S(=O)(=O)C3(C(=O)NO)CCOCC3)cc2)cn1. The second-order valence-electron chi connectivity index (χ2n) is 7.52. The fraction of sp³-hybridized carbons (Fsp3) is 0.450. The highest BCUT2D eigenvalue weighted by molar-refractivity contribution is 7.93. The molecule has 0 aliphatic carbocycles. The van der Waals surface area contributed by atoms with Crippen LogP contribution in [0.15, 0.2) is 41.6 Å². The predicted octanol–water partition coefficient (Wildman–Crippen LogP) is 2.01. The minimum Gasteiger partial charge on any atom is -0.476 e. The van der Waals surface area contributed by atoms with E-state index < -0.39 is 20.5 Å². The summed E-state index contributed by atoms with van der Waals surface area (Å²) >= 11 is 0. The molecule has 0 spiro atoms. The van der Waals surface area contributed by atoms with Crippen LogP contribution in [0.1, 0.15) is 26.7 Å². The van der Waals surface area contributed by atoms with Crippen molar-refractivity contribution in [1.29, 1.82) is 0 Å². The maximum atomic E-state index is 13.3. The van der Waals surface area contributed by atoms with Crippen molar-refractivity contribution in [1.82, 2.24) is 15.4 Å². The Morgan fingerprint density at radius 1 is 1.20 bits per heavy atom. The van der Waals surface area contributed by atoms with Gasteiger partial charge in [0.25, 0.3) is 5.91 Å². The minimum atomic E-state index is -4.06. The first-order valence-corrected chi connectivity index (χ1v) is 11.1. The number of ether oxygens (including phenoxy) is 2. The Morgan fingerprint density at radius 3 is 2.40 bits per heavy atom. The number of sulfone groups is 1. The van der Waals surface area contributed by atoms with Crippen LogP contribution in [0, 0.1) is 5.92 Å². The Labute approximate surface area is 175 Å². The van der Waals surface area contributed by atoms with Gasteiger partial charge in [0, 0.05) is 18.8 Å². The van der Waals surface area contributed by atoms with Gasteiger partial charge in [-0.05, 0) is 30.9 Å². The molecule has 1 aromatic heterocycles. The summed E-state index contributed by atoms with van der Waals surface area (Å²) in [5.41, 5.74) is 2.74. The highest BCUT2D eigenvalue weighted by atomic mass is 32.2. The quantitative estimate of drug-likeness (QED) is 0.499. The molecule has 3 rings (SSSR count). The van der Waals surface area contributed by atoms with Crippen LogP contribution in [-0.2, 0) is 19.4 Å². The second-order valence-corrected chi connectivity index (χ2v) is 9.78. The van der Waals surface area contributed by atoms with E-state index in [1.807, 2.05) is 13.8 Å². The molecule has 0 radical (unpaired) electrons. The molecule has 10 heteroatoms. The molecule has 2 heterocycles. The Kier molecular flexibility index (Phi) is 6.69. The van der Waals surface area contributed by atoms with E-state index >= 15 is 0 Å². The van der Waals surface area contributed by atoms with Crippen molar-refractivity contribution in [3.63, 3.8) is 0 Å². The van der Waals surface area contributed by atoms with Crippen molar-refractivity contribution < 1.29 is 27.9 Å². The smallest absolute Gasteiger partial charge is 0.265 e. The van der Waals surface area contributed by atoms with Crippen LogP contribution >= 0.6 is 0 Å². The zero-order valence-electron chi connectivity index (χ0n) is 16.9. The molecule has 0 saturated carbocycles. The van der Waals surface area contributed by atoms with Gasteiger partial charge in [0.05, 0.1) is 29.6 Å². The fourth-order valence-corrected chi connectivity index (χ4v) is 5.18. The third-order valence-electron chi connectivity index (χ3n) is 4.98. The zero-order chi connectivity index (χ0) is 21.8. The summed E-state index contributed by atoms with van der Waals surface area (Å²) < 4.78 is 35.5. The highest BCUT2D eigenvalue weighted by Crippen LogP contribution is 2.35. The molecule has 1 aromatic carbocycles. The third-order valence-corrected chi connectivity index (χ3v) is 7.50. The van der Waals surface area contributed by atoms with Crippen molar-refractivity contribution in [2.75, 3.05) is 19.8 Å². The molecule has 162 valence electrons. The largest absolute Gasteiger partial charge is 0.476 e. The van der Waals surface area contributed by atoms with E-state index in [0.29, 0.717) is 29.7 Å². The average molecular weight is 436 g/mol. The molecular formula is C20H25N3O6S. The summed E-state index contributed by atoms with van der Waals surface area (Å²) in [6.07, 6.45) is 3.00. The molecule has 2 aromatic rings. The molecule has 1 fully saturated rings. The van der Waals surface area contributed by atoms with Crippen LogP contribution in [0.25, 0.3) is 11.3 Å². The number of rotatable bonds is 7. The van der Waals surface area contributed by atoms with Gasteiger partial charge < -0.3 is 9.47 Å². The number of carbonyl (C=O) groups is 1. The van der Waals surface area contributed by atoms with E-state index in [1.165, 1.54) is 23.8 Å². The maximum absolute atomic E-state index is 13.3. The van der Waals surface area contributed by atoms with Gasteiger partial charge in [-0.3, -0.25) is 10.0 Å². The Bertz CT molecular complexity index is 969. The summed E-state index contributed by atoms with van der Waals surface area (Å²) in [6.45, 7) is 4.84. The molecule has 1 aliphatic rings. The van der Waals surface area contributed by atoms with E-state index in [9.17, 15) is 13.2 Å². The van der Waals surface area contributed by atoms with Gasteiger partial charge in [-0.2, -0.15) is 0 Å². The number of hydroxylamine groups is 1. The summed E-state index contributed by atoms with van der Waals surface area (Å²) in [6, 6.07) is 6.07. The number of benzene rings is 1. The molecule has 9 nitrogen and oxygen atoms in total. The summed E-state index contributed by atoms with van der Waals surface area (Å²) in [5.74, 6) is -0.159. The van der Waals surface area contributed by atoms with E-state index in [-0.39, 0.29) is 31.0 Å². The minimum absolute atomic E-state index is 0.0124. The first-order valence-electron chi connectivity index (χ1n) is 9.62. The van der Waals surface area contributed by atoms with E-state index in [0.717, 1.165) is 0 Å². The molecule has 0 atom stereocenters. The number of nitrogens with one attached hydrogen (secondary N) is 1. The van der Waals surface area contributed by atoms with Gasteiger partial charge in [0.1, 0.15) is 0 Å². The highest BCUT2D eigenvalue weighted by Gasteiger charge is 2.52. The molecule has 0 unspecified atom stereocenters. The van der Waals surface area contributed by atoms with Crippen molar-refractivity contribution in [2.45, 2.75) is 36.3 Å². The first kappa shape index (κ1) is 22.1. The number of amides is 1. The topological polar surface area (TPSA) is 128 Å². The van der Waals surface area contributed by atoms with Crippen molar-refractivity contribution in [2.24, 2.45) is 5.92 Å². The third kappa shape index (κ3) is 4.30.